The Hall–Kier alpha value is -1.55. The lowest BCUT2D eigenvalue weighted by atomic mass is 9.88. The first-order valence-corrected chi connectivity index (χ1v) is 5.34. The molecular weight excluding hydrogens is 206 g/mol. The van der Waals surface area contributed by atoms with Gasteiger partial charge in [-0.3, -0.25) is 4.57 Å². The molecule has 1 atom stereocenters. The number of benzene rings is 1. The Labute approximate surface area is 92.4 Å². The number of rotatable bonds is 1. The van der Waals surface area contributed by atoms with Gasteiger partial charge in [0, 0.05) is 13.5 Å². The van der Waals surface area contributed by atoms with E-state index in [2.05, 4.69) is 6.92 Å². The number of ether oxygens (including phenoxy) is 1. The summed E-state index contributed by atoms with van der Waals surface area (Å²) in [5, 5.41) is 0. The fraction of sp³-hybridized carbons (Fsp3) is 0.417. The summed E-state index contributed by atoms with van der Waals surface area (Å²) in [7, 11) is 1.71. The lowest BCUT2D eigenvalue weighted by Gasteiger charge is -2.39. The first-order valence-electron chi connectivity index (χ1n) is 5.34. The lowest BCUT2D eigenvalue weighted by Crippen LogP contribution is -2.37. The Morgan fingerprint density at radius 3 is 2.81 bits per heavy atom. The molecule has 0 saturated carbocycles. The minimum absolute atomic E-state index is 0.193. The molecule has 1 aliphatic rings. The Balaban J connectivity index is 2.22. The van der Waals surface area contributed by atoms with Crippen molar-refractivity contribution >= 4 is 11.1 Å². The van der Waals surface area contributed by atoms with Gasteiger partial charge in [0.05, 0.1) is 17.7 Å². The summed E-state index contributed by atoms with van der Waals surface area (Å²) in [4.78, 5) is 11.3. The second-order valence-corrected chi connectivity index (χ2v) is 4.44. The van der Waals surface area contributed by atoms with Crippen LogP contribution in [0.15, 0.2) is 27.4 Å². The molecule has 4 heteroatoms. The molecule has 0 spiro atoms. The van der Waals surface area contributed by atoms with Crippen molar-refractivity contribution in [2.24, 2.45) is 7.05 Å². The fourth-order valence-corrected chi connectivity index (χ4v) is 2.09. The summed E-state index contributed by atoms with van der Waals surface area (Å²) < 4.78 is 12.2. The van der Waals surface area contributed by atoms with Crippen molar-refractivity contribution in [2.45, 2.75) is 18.9 Å². The molecule has 2 aromatic rings. The first kappa shape index (κ1) is 9.66. The molecule has 2 heterocycles. The van der Waals surface area contributed by atoms with Gasteiger partial charge in [0.2, 0.25) is 0 Å². The van der Waals surface area contributed by atoms with Gasteiger partial charge < -0.3 is 9.15 Å². The summed E-state index contributed by atoms with van der Waals surface area (Å²) in [6.45, 7) is 2.87. The number of aryl methyl sites for hydroxylation is 1. The van der Waals surface area contributed by atoms with E-state index in [0.29, 0.717) is 5.58 Å². The van der Waals surface area contributed by atoms with E-state index < -0.39 is 0 Å². The predicted molar refractivity (Wildman–Crippen MR) is 59.4 cm³/mol. The molecular formula is C12H13NO3. The van der Waals surface area contributed by atoms with E-state index in [9.17, 15) is 4.79 Å². The molecule has 16 heavy (non-hydrogen) atoms. The lowest BCUT2D eigenvalue weighted by molar-refractivity contribution is -0.140. The quantitative estimate of drug-likeness (QED) is 0.734. The van der Waals surface area contributed by atoms with Gasteiger partial charge in [0.1, 0.15) is 0 Å². The van der Waals surface area contributed by atoms with Crippen molar-refractivity contribution in [3.63, 3.8) is 0 Å². The third kappa shape index (κ3) is 1.16. The van der Waals surface area contributed by atoms with Crippen LogP contribution in [-0.2, 0) is 17.4 Å². The fourth-order valence-electron chi connectivity index (χ4n) is 2.09. The molecule has 1 fully saturated rings. The SMILES string of the molecule is Cn1c(=O)oc2ccc(C3(C)CCO3)cc21. The van der Waals surface area contributed by atoms with Crippen molar-refractivity contribution in [1.29, 1.82) is 0 Å². The largest absolute Gasteiger partial charge is 0.419 e. The van der Waals surface area contributed by atoms with Crippen molar-refractivity contribution in [3.05, 3.63) is 34.3 Å². The molecule has 1 unspecified atom stereocenters. The molecule has 0 aliphatic carbocycles. The van der Waals surface area contributed by atoms with Crippen molar-refractivity contribution < 1.29 is 9.15 Å². The Kier molecular flexibility index (Phi) is 1.80. The minimum Gasteiger partial charge on any atom is -0.408 e. The monoisotopic (exact) mass is 219 g/mol. The van der Waals surface area contributed by atoms with Gasteiger partial charge in [-0.1, -0.05) is 6.07 Å². The Morgan fingerprint density at radius 2 is 2.19 bits per heavy atom. The van der Waals surface area contributed by atoms with Gasteiger partial charge in [0.15, 0.2) is 5.58 Å². The number of hydrogen-bond donors (Lipinski definition) is 0. The van der Waals surface area contributed by atoms with Crippen LogP contribution in [0.3, 0.4) is 0 Å². The number of hydrogen-bond acceptors (Lipinski definition) is 3. The maximum absolute atomic E-state index is 11.3. The van der Waals surface area contributed by atoms with Crippen LogP contribution >= 0.6 is 0 Å². The van der Waals surface area contributed by atoms with E-state index in [1.807, 2.05) is 18.2 Å². The summed E-state index contributed by atoms with van der Waals surface area (Å²) in [6, 6.07) is 5.77. The maximum atomic E-state index is 11.3. The molecule has 0 N–H and O–H groups in total. The van der Waals surface area contributed by atoms with Crippen molar-refractivity contribution in [1.82, 2.24) is 4.57 Å². The second kappa shape index (κ2) is 2.98. The van der Waals surface area contributed by atoms with Gasteiger partial charge in [-0.2, -0.15) is 0 Å². The molecule has 0 bridgehead atoms. The van der Waals surface area contributed by atoms with Gasteiger partial charge >= 0.3 is 5.76 Å². The van der Waals surface area contributed by atoms with E-state index in [0.717, 1.165) is 24.1 Å². The van der Waals surface area contributed by atoms with Crippen LogP contribution in [0.25, 0.3) is 11.1 Å². The van der Waals surface area contributed by atoms with Crippen LogP contribution in [0, 0.1) is 0 Å². The van der Waals surface area contributed by atoms with Crippen LogP contribution in [0.1, 0.15) is 18.9 Å². The molecule has 3 rings (SSSR count). The molecule has 1 aliphatic heterocycles. The predicted octanol–water partition coefficient (Wildman–Crippen LogP) is 1.77. The second-order valence-electron chi connectivity index (χ2n) is 4.44. The van der Waals surface area contributed by atoms with Gasteiger partial charge in [-0.05, 0) is 24.6 Å². The standard InChI is InChI=1S/C12H13NO3/c1-12(5-6-15-12)8-3-4-10-9(7-8)13(2)11(14)16-10/h3-4,7H,5-6H2,1-2H3. The van der Waals surface area contributed by atoms with Gasteiger partial charge in [-0.15, -0.1) is 0 Å². The van der Waals surface area contributed by atoms with Crippen LogP contribution in [0.2, 0.25) is 0 Å². The summed E-state index contributed by atoms with van der Waals surface area (Å²) >= 11 is 0. The van der Waals surface area contributed by atoms with Crippen LogP contribution in [0.4, 0.5) is 0 Å². The molecule has 4 nitrogen and oxygen atoms in total. The highest BCUT2D eigenvalue weighted by Crippen LogP contribution is 2.37. The normalized spacial score (nSPS) is 24.6. The van der Waals surface area contributed by atoms with E-state index >= 15 is 0 Å². The number of fused-ring (bicyclic) bond motifs is 1. The molecule has 1 aromatic carbocycles. The van der Waals surface area contributed by atoms with E-state index in [1.165, 1.54) is 4.57 Å². The third-order valence-electron chi connectivity index (χ3n) is 3.40. The van der Waals surface area contributed by atoms with Crippen molar-refractivity contribution in [3.8, 4) is 0 Å². The van der Waals surface area contributed by atoms with E-state index in [4.69, 9.17) is 9.15 Å². The van der Waals surface area contributed by atoms with E-state index in [-0.39, 0.29) is 11.4 Å². The highest BCUT2D eigenvalue weighted by Gasteiger charge is 2.35. The zero-order valence-corrected chi connectivity index (χ0v) is 9.32. The molecule has 1 saturated heterocycles. The van der Waals surface area contributed by atoms with Gasteiger partial charge in [0.25, 0.3) is 0 Å². The number of oxazole rings is 1. The number of aromatic nitrogens is 1. The highest BCUT2D eigenvalue weighted by molar-refractivity contribution is 5.74. The van der Waals surface area contributed by atoms with Gasteiger partial charge in [-0.25, -0.2) is 4.79 Å². The van der Waals surface area contributed by atoms with Crippen LogP contribution < -0.4 is 5.76 Å². The smallest absolute Gasteiger partial charge is 0.408 e. The number of nitrogens with zero attached hydrogens (tertiary/aromatic N) is 1. The minimum atomic E-state index is -0.327. The van der Waals surface area contributed by atoms with Crippen LogP contribution in [-0.4, -0.2) is 11.2 Å². The maximum Gasteiger partial charge on any atom is 0.419 e. The Morgan fingerprint density at radius 1 is 1.44 bits per heavy atom. The average molecular weight is 219 g/mol. The van der Waals surface area contributed by atoms with Crippen molar-refractivity contribution in [2.75, 3.05) is 6.61 Å². The molecule has 1 aromatic heterocycles. The van der Waals surface area contributed by atoms with Crippen LogP contribution in [0.5, 0.6) is 0 Å². The first-order chi connectivity index (χ1) is 7.60. The molecule has 0 radical (unpaired) electrons. The summed E-state index contributed by atoms with van der Waals surface area (Å²) in [5.41, 5.74) is 2.35. The topological polar surface area (TPSA) is 44.4 Å². The van der Waals surface area contributed by atoms with E-state index in [1.54, 1.807) is 7.05 Å². The molecule has 0 amide bonds. The zero-order valence-electron chi connectivity index (χ0n) is 9.32. The summed E-state index contributed by atoms with van der Waals surface area (Å²) in [6.07, 6.45) is 1.02. The average Bonchev–Trinajstić information content (AvgIpc) is 2.51. The summed E-state index contributed by atoms with van der Waals surface area (Å²) in [5.74, 6) is -0.327. The third-order valence-corrected chi connectivity index (χ3v) is 3.40. The Bertz CT molecular complexity index is 604. The highest BCUT2D eigenvalue weighted by atomic mass is 16.5. The zero-order chi connectivity index (χ0) is 11.3. The molecule has 84 valence electrons.